The molecule has 0 aliphatic carbocycles. The van der Waals surface area contributed by atoms with Gasteiger partial charge in [0.2, 0.25) is 0 Å². The monoisotopic (exact) mass is 454 g/mol. The molecule has 31 heavy (non-hydrogen) atoms. The van der Waals surface area contributed by atoms with E-state index in [1.165, 1.54) is 6.07 Å². The summed E-state index contributed by atoms with van der Waals surface area (Å²) in [5, 5.41) is 3.72. The van der Waals surface area contributed by atoms with Crippen LogP contribution in [0.2, 0.25) is 5.02 Å². The van der Waals surface area contributed by atoms with Gasteiger partial charge in [0.05, 0.1) is 11.8 Å². The van der Waals surface area contributed by atoms with E-state index in [0.717, 1.165) is 5.56 Å². The normalized spacial score (nSPS) is 11.7. The first-order valence-electron chi connectivity index (χ1n) is 9.96. The first-order chi connectivity index (χ1) is 14.7. The van der Waals surface area contributed by atoms with Gasteiger partial charge in [0.1, 0.15) is 0 Å². The number of halogens is 4. The lowest BCUT2D eigenvalue weighted by atomic mass is 9.98. The molecule has 3 rings (SSSR count). The Morgan fingerprint density at radius 1 is 1.16 bits per heavy atom. The molecule has 0 saturated carbocycles. The van der Waals surface area contributed by atoms with Crippen LogP contribution in [0.5, 0.6) is 5.75 Å². The number of carbonyl (C=O) groups is 1. The fraction of sp³-hybridized carbons (Fsp3) is 0.364. The third-order valence-electron chi connectivity index (χ3n) is 4.72. The van der Waals surface area contributed by atoms with E-state index in [1.807, 2.05) is 13.8 Å². The van der Waals surface area contributed by atoms with Crippen LogP contribution in [-0.2, 0) is 30.2 Å². The van der Waals surface area contributed by atoms with Gasteiger partial charge in [-0.2, -0.15) is 18.7 Å². The second-order valence-electron chi connectivity index (χ2n) is 7.18. The van der Waals surface area contributed by atoms with Crippen LogP contribution >= 0.6 is 11.6 Å². The van der Waals surface area contributed by atoms with Crippen molar-refractivity contribution in [1.29, 1.82) is 0 Å². The Morgan fingerprint density at radius 2 is 1.84 bits per heavy atom. The van der Waals surface area contributed by atoms with Gasteiger partial charge in [-0.05, 0) is 42.2 Å². The maximum absolute atomic E-state index is 13.4. The van der Waals surface area contributed by atoms with Gasteiger partial charge in [-0.15, -0.1) is 0 Å². The molecule has 0 aliphatic rings. The lowest BCUT2D eigenvalue weighted by Gasteiger charge is -2.16. The van der Waals surface area contributed by atoms with Crippen molar-refractivity contribution in [2.75, 3.05) is 0 Å². The molecule has 166 valence electrons. The minimum absolute atomic E-state index is 0.0241. The molecule has 2 aromatic carbocycles. The summed E-state index contributed by atoms with van der Waals surface area (Å²) >= 11 is 5.85. The van der Waals surface area contributed by atoms with Crippen LogP contribution in [0.4, 0.5) is 13.2 Å². The zero-order valence-corrected chi connectivity index (χ0v) is 17.9. The van der Waals surface area contributed by atoms with Crippen molar-refractivity contribution >= 4 is 28.5 Å². The van der Waals surface area contributed by atoms with Crippen LogP contribution in [-0.4, -0.2) is 11.1 Å². The molecular formula is C22H22ClF3N2O3. The van der Waals surface area contributed by atoms with E-state index in [1.54, 1.807) is 24.3 Å². The topological polar surface area (TPSA) is 64.4 Å². The standard InChI is InChI=1S/C22H22ClF3N2O3/c1-3-5-14-12-17-20(31-28-21(17)22(24,25)26)16(6-4-2)19(14)30-27-18(29)11-13-7-9-15(23)10-8-13/h7-10,12H,3-6,11H2,1-2H3,(H,27,29). The number of rotatable bonds is 8. The molecule has 5 nitrogen and oxygen atoms in total. The maximum Gasteiger partial charge on any atom is 0.437 e. The van der Waals surface area contributed by atoms with E-state index in [9.17, 15) is 18.0 Å². The van der Waals surface area contributed by atoms with Gasteiger partial charge in [-0.25, -0.2) is 0 Å². The second-order valence-corrected chi connectivity index (χ2v) is 7.62. The van der Waals surface area contributed by atoms with Crippen LogP contribution in [0.15, 0.2) is 34.9 Å². The summed E-state index contributed by atoms with van der Waals surface area (Å²) in [4.78, 5) is 18.0. The van der Waals surface area contributed by atoms with E-state index < -0.39 is 17.8 Å². The smallest absolute Gasteiger partial charge is 0.379 e. The Morgan fingerprint density at radius 3 is 2.45 bits per heavy atom. The lowest BCUT2D eigenvalue weighted by molar-refractivity contribution is -0.141. The van der Waals surface area contributed by atoms with Gasteiger partial charge in [-0.3, -0.25) is 4.79 Å². The van der Waals surface area contributed by atoms with Crippen molar-refractivity contribution in [3.05, 3.63) is 57.7 Å². The number of benzene rings is 2. The second kappa shape index (κ2) is 9.60. The van der Waals surface area contributed by atoms with Crippen molar-refractivity contribution in [3.8, 4) is 5.75 Å². The zero-order valence-electron chi connectivity index (χ0n) is 17.1. The molecule has 3 aromatic rings. The number of fused-ring (bicyclic) bond motifs is 1. The summed E-state index contributed by atoms with van der Waals surface area (Å²) in [6.07, 6.45) is -2.37. The molecule has 0 atom stereocenters. The van der Waals surface area contributed by atoms with Crippen molar-refractivity contribution in [1.82, 2.24) is 10.6 Å². The summed E-state index contributed by atoms with van der Waals surface area (Å²) in [6.45, 7) is 3.80. The molecular weight excluding hydrogens is 433 g/mol. The zero-order chi connectivity index (χ0) is 22.6. The van der Waals surface area contributed by atoms with Crippen molar-refractivity contribution in [3.63, 3.8) is 0 Å². The Balaban J connectivity index is 1.93. The van der Waals surface area contributed by atoms with Crippen LogP contribution in [0, 0.1) is 0 Å². The third-order valence-corrected chi connectivity index (χ3v) is 4.97. The summed E-state index contributed by atoms with van der Waals surface area (Å²) in [5.74, 6) is -0.0913. The molecule has 1 N–H and O–H groups in total. The molecule has 0 spiro atoms. The summed E-state index contributed by atoms with van der Waals surface area (Å²) in [5.41, 5.74) is 3.12. The lowest BCUT2D eigenvalue weighted by Crippen LogP contribution is -2.29. The summed E-state index contributed by atoms with van der Waals surface area (Å²) in [7, 11) is 0. The molecule has 1 heterocycles. The molecule has 1 amide bonds. The van der Waals surface area contributed by atoms with E-state index in [0.29, 0.717) is 47.6 Å². The third kappa shape index (κ3) is 5.31. The van der Waals surface area contributed by atoms with Crippen LogP contribution < -0.4 is 10.3 Å². The number of hydroxylamine groups is 1. The van der Waals surface area contributed by atoms with Crippen molar-refractivity contribution in [2.24, 2.45) is 0 Å². The van der Waals surface area contributed by atoms with E-state index in [4.69, 9.17) is 21.0 Å². The fourth-order valence-corrected chi connectivity index (χ4v) is 3.51. The first kappa shape index (κ1) is 22.9. The number of nitrogens with one attached hydrogen (secondary N) is 1. The molecule has 0 radical (unpaired) electrons. The molecule has 9 heteroatoms. The minimum Gasteiger partial charge on any atom is -0.379 e. The van der Waals surface area contributed by atoms with E-state index >= 15 is 0 Å². The van der Waals surface area contributed by atoms with Gasteiger partial charge < -0.3 is 9.36 Å². The minimum atomic E-state index is -4.63. The van der Waals surface area contributed by atoms with Crippen molar-refractivity contribution in [2.45, 2.75) is 52.1 Å². The van der Waals surface area contributed by atoms with Crippen LogP contribution in [0.1, 0.15) is 49.1 Å². The molecule has 1 aromatic heterocycles. The Bertz CT molecular complexity index is 1060. The van der Waals surface area contributed by atoms with Gasteiger partial charge in [0.25, 0.3) is 5.91 Å². The fourth-order valence-electron chi connectivity index (χ4n) is 3.38. The molecule has 0 unspecified atom stereocenters. The number of aryl methyl sites for hydroxylation is 2. The Labute approximate surface area is 182 Å². The maximum atomic E-state index is 13.4. The number of amides is 1. The number of aromatic nitrogens is 1. The highest BCUT2D eigenvalue weighted by atomic mass is 35.5. The van der Waals surface area contributed by atoms with Gasteiger partial charge in [0.15, 0.2) is 17.0 Å². The molecule has 0 bridgehead atoms. The first-order valence-corrected chi connectivity index (χ1v) is 10.3. The van der Waals surface area contributed by atoms with E-state index in [2.05, 4.69) is 10.6 Å². The average Bonchev–Trinajstić information content (AvgIpc) is 3.14. The predicted octanol–water partition coefficient (Wildman–Crippen LogP) is 6.06. The highest BCUT2D eigenvalue weighted by molar-refractivity contribution is 6.30. The largest absolute Gasteiger partial charge is 0.437 e. The van der Waals surface area contributed by atoms with Crippen LogP contribution in [0.25, 0.3) is 11.0 Å². The molecule has 0 fully saturated rings. The van der Waals surface area contributed by atoms with Gasteiger partial charge in [-0.1, -0.05) is 55.6 Å². The Kier molecular flexibility index (Phi) is 7.10. The number of nitrogens with zero attached hydrogens (tertiary/aromatic N) is 1. The van der Waals surface area contributed by atoms with Crippen LogP contribution in [0.3, 0.4) is 0 Å². The van der Waals surface area contributed by atoms with E-state index in [-0.39, 0.29) is 17.4 Å². The number of hydrogen-bond donors (Lipinski definition) is 1. The number of hydrogen-bond acceptors (Lipinski definition) is 4. The Hall–Kier alpha value is -2.74. The molecule has 0 aliphatic heterocycles. The molecule has 0 saturated heterocycles. The quantitative estimate of drug-likeness (QED) is 0.420. The number of carbonyl (C=O) groups excluding carboxylic acids is 1. The van der Waals surface area contributed by atoms with Crippen molar-refractivity contribution < 1.29 is 27.3 Å². The highest BCUT2D eigenvalue weighted by Crippen LogP contribution is 2.40. The van der Waals surface area contributed by atoms with Gasteiger partial charge >= 0.3 is 6.18 Å². The highest BCUT2D eigenvalue weighted by Gasteiger charge is 2.38. The SMILES string of the molecule is CCCc1cc2c(C(F)(F)F)noc2c(CCC)c1ONC(=O)Cc1ccc(Cl)cc1. The van der Waals surface area contributed by atoms with Gasteiger partial charge in [0, 0.05) is 10.6 Å². The average molecular weight is 455 g/mol. The predicted molar refractivity (Wildman–Crippen MR) is 111 cm³/mol. The summed E-state index contributed by atoms with van der Waals surface area (Å²) in [6, 6.07) is 8.20. The number of alkyl halides is 3. The summed E-state index contributed by atoms with van der Waals surface area (Å²) < 4.78 is 45.1.